The number of hydrogen-bond acceptors (Lipinski definition) is 2. The standard InChI is InChI=1S/C12H13BrCl2N2O/c13-8-5-9(14)12(10(15)6-8)16-7-11(18)17-3-1-2-4-17/h5-6,16H,1-4,7H2. The van der Waals surface area contributed by atoms with E-state index in [2.05, 4.69) is 21.2 Å². The number of likely N-dealkylation sites (tertiary alicyclic amines) is 1. The van der Waals surface area contributed by atoms with Gasteiger partial charge in [-0.2, -0.15) is 0 Å². The summed E-state index contributed by atoms with van der Waals surface area (Å²) in [5.41, 5.74) is 0.606. The van der Waals surface area contributed by atoms with Crippen molar-refractivity contribution in [2.24, 2.45) is 0 Å². The predicted molar refractivity (Wildman–Crippen MR) is 78.5 cm³/mol. The van der Waals surface area contributed by atoms with Crippen LogP contribution in [0.3, 0.4) is 0 Å². The average molecular weight is 352 g/mol. The molecule has 1 saturated heterocycles. The van der Waals surface area contributed by atoms with E-state index in [4.69, 9.17) is 23.2 Å². The molecule has 1 heterocycles. The van der Waals surface area contributed by atoms with Crippen LogP contribution in [0.4, 0.5) is 5.69 Å². The summed E-state index contributed by atoms with van der Waals surface area (Å²) in [6.07, 6.45) is 2.18. The molecule has 0 atom stereocenters. The lowest BCUT2D eigenvalue weighted by Gasteiger charge is -2.17. The van der Waals surface area contributed by atoms with Gasteiger partial charge >= 0.3 is 0 Å². The smallest absolute Gasteiger partial charge is 0.241 e. The van der Waals surface area contributed by atoms with Crippen molar-refractivity contribution in [2.45, 2.75) is 12.8 Å². The summed E-state index contributed by atoms with van der Waals surface area (Å²) in [5.74, 6) is 0.0857. The Morgan fingerprint density at radius 1 is 1.28 bits per heavy atom. The second-order valence-electron chi connectivity index (χ2n) is 4.19. The summed E-state index contributed by atoms with van der Waals surface area (Å²) in [5, 5.41) is 4.02. The fourth-order valence-electron chi connectivity index (χ4n) is 1.95. The molecule has 1 fully saturated rings. The third-order valence-electron chi connectivity index (χ3n) is 2.88. The first-order valence-electron chi connectivity index (χ1n) is 5.74. The average Bonchev–Trinajstić information content (AvgIpc) is 2.80. The van der Waals surface area contributed by atoms with Crippen molar-refractivity contribution in [2.75, 3.05) is 25.0 Å². The van der Waals surface area contributed by atoms with E-state index in [0.29, 0.717) is 15.7 Å². The van der Waals surface area contributed by atoms with Crippen molar-refractivity contribution < 1.29 is 4.79 Å². The molecule has 0 unspecified atom stereocenters. The summed E-state index contributed by atoms with van der Waals surface area (Å²) in [6, 6.07) is 3.49. The highest BCUT2D eigenvalue weighted by Crippen LogP contribution is 2.33. The van der Waals surface area contributed by atoms with Crippen LogP contribution in [0.25, 0.3) is 0 Å². The van der Waals surface area contributed by atoms with Crippen LogP contribution in [0, 0.1) is 0 Å². The molecule has 3 nitrogen and oxygen atoms in total. The molecule has 0 saturated carbocycles. The Kier molecular flexibility index (Phi) is 4.76. The van der Waals surface area contributed by atoms with Crippen molar-refractivity contribution in [1.29, 1.82) is 0 Å². The monoisotopic (exact) mass is 350 g/mol. The molecule has 1 amide bonds. The first-order valence-corrected chi connectivity index (χ1v) is 7.29. The van der Waals surface area contributed by atoms with Crippen molar-refractivity contribution in [1.82, 2.24) is 4.90 Å². The lowest BCUT2D eigenvalue weighted by Crippen LogP contribution is -2.33. The van der Waals surface area contributed by atoms with Crippen molar-refractivity contribution in [3.05, 3.63) is 26.7 Å². The van der Waals surface area contributed by atoms with Gasteiger partial charge in [0.1, 0.15) is 0 Å². The van der Waals surface area contributed by atoms with Gasteiger partial charge in [0, 0.05) is 17.6 Å². The lowest BCUT2D eigenvalue weighted by atomic mass is 10.3. The van der Waals surface area contributed by atoms with Crippen LogP contribution in [-0.4, -0.2) is 30.4 Å². The van der Waals surface area contributed by atoms with E-state index in [-0.39, 0.29) is 12.5 Å². The minimum Gasteiger partial charge on any atom is -0.374 e. The first-order chi connectivity index (χ1) is 8.58. The van der Waals surface area contributed by atoms with Gasteiger partial charge in [0.05, 0.1) is 22.3 Å². The molecular formula is C12H13BrCl2N2O. The van der Waals surface area contributed by atoms with E-state index in [9.17, 15) is 4.79 Å². The minimum atomic E-state index is 0.0857. The van der Waals surface area contributed by atoms with E-state index in [1.807, 2.05) is 4.90 Å². The molecule has 1 aromatic rings. The molecule has 1 aliphatic rings. The largest absolute Gasteiger partial charge is 0.374 e. The molecule has 1 aromatic carbocycles. The van der Waals surface area contributed by atoms with Gasteiger partial charge in [0.2, 0.25) is 5.91 Å². The van der Waals surface area contributed by atoms with Crippen LogP contribution >= 0.6 is 39.1 Å². The second-order valence-corrected chi connectivity index (χ2v) is 5.92. The van der Waals surface area contributed by atoms with Gasteiger partial charge in [-0.1, -0.05) is 39.1 Å². The fourth-order valence-corrected chi connectivity index (χ4v) is 3.30. The second kappa shape index (κ2) is 6.13. The summed E-state index contributed by atoms with van der Waals surface area (Å²) in [7, 11) is 0. The van der Waals surface area contributed by atoms with Crippen LogP contribution < -0.4 is 5.32 Å². The van der Waals surface area contributed by atoms with E-state index in [1.54, 1.807) is 12.1 Å². The minimum absolute atomic E-state index is 0.0857. The van der Waals surface area contributed by atoms with Crippen molar-refractivity contribution >= 4 is 50.7 Å². The maximum atomic E-state index is 11.9. The Morgan fingerprint density at radius 3 is 2.39 bits per heavy atom. The highest BCUT2D eigenvalue weighted by Gasteiger charge is 2.18. The van der Waals surface area contributed by atoms with E-state index < -0.39 is 0 Å². The molecule has 0 aliphatic carbocycles. The number of amides is 1. The zero-order valence-electron chi connectivity index (χ0n) is 9.68. The number of carbonyl (C=O) groups excluding carboxylic acids is 1. The molecular weight excluding hydrogens is 339 g/mol. The third kappa shape index (κ3) is 3.31. The van der Waals surface area contributed by atoms with Gasteiger partial charge in [0.15, 0.2) is 0 Å². The summed E-state index contributed by atoms with van der Waals surface area (Å²) in [6.45, 7) is 1.92. The predicted octanol–water partition coefficient (Wildman–Crippen LogP) is 3.79. The number of carbonyl (C=O) groups is 1. The zero-order chi connectivity index (χ0) is 13.1. The van der Waals surface area contributed by atoms with Gasteiger partial charge in [0.25, 0.3) is 0 Å². The fraction of sp³-hybridized carbons (Fsp3) is 0.417. The number of nitrogens with zero attached hydrogens (tertiary/aromatic N) is 1. The Bertz CT molecular complexity index is 438. The first kappa shape index (κ1) is 14.0. The number of anilines is 1. The SMILES string of the molecule is O=C(CNc1c(Cl)cc(Br)cc1Cl)N1CCCC1. The van der Waals surface area contributed by atoms with Crippen LogP contribution in [0.2, 0.25) is 10.0 Å². The Morgan fingerprint density at radius 2 is 1.83 bits per heavy atom. The van der Waals surface area contributed by atoms with Crippen molar-refractivity contribution in [3.63, 3.8) is 0 Å². The maximum absolute atomic E-state index is 11.9. The van der Waals surface area contributed by atoms with Crippen LogP contribution in [0.1, 0.15) is 12.8 Å². The Hall–Kier alpha value is -0.450. The molecule has 0 radical (unpaired) electrons. The molecule has 0 spiro atoms. The molecule has 2 rings (SSSR count). The highest BCUT2D eigenvalue weighted by atomic mass is 79.9. The summed E-state index contributed by atoms with van der Waals surface area (Å²) < 4.78 is 0.814. The molecule has 18 heavy (non-hydrogen) atoms. The van der Waals surface area contributed by atoms with Crippen LogP contribution in [0.5, 0.6) is 0 Å². The normalized spacial score (nSPS) is 14.9. The molecule has 1 aliphatic heterocycles. The molecule has 98 valence electrons. The van der Waals surface area contributed by atoms with Crippen LogP contribution in [-0.2, 0) is 4.79 Å². The number of halogens is 3. The Balaban J connectivity index is 1.99. The molecule has 0 bridgehead atoms. The van der Waals surface area contributed by atoms with Gasteiger partial charge in [-0.3, -0.25) is 4.79 Å². The van der Waals surface area contributed by atoms with E-state index in [1.165, 1.54) is 0 Å². The lowest BCUT2D eigenvalue weighted by molar-refractivity contribution is -0.128. The van der Waals surface area contributed by atoms with Gasteiger partial charge in [-0.15, -0.1) is 0 Å². The number of rotatable bonds is 3. The number of hydrogen-bond donors (Lipinski definition) is 1. The topological polar surface area (TPSA) is 32.3 Å². The van der Waals surface area contributed by atoms with Gasteiger partial charge in [-0.25, -0.2) is 0 Å². The van der Waals surface area contributed by atoms with Gasteiger partial charge < -0.3 is 10.2 Å². The van der Waals surface area contributed by atoms with Gasteiger partial charge in [-0.05, 0) is 25.0 Å². The Labute approximate surface area is 125 Å². The third-order valence-corrected chi connectivity index (χ3v) is 3.94. The van der Waals surface area contributed by atoms with Crippen LogP contribution in [0.15, 0.2) is 16.6 Å². The quantitative estimate of drug-likeness (QED) is 0.898. The summed E-state index contributed by atoms with van der Waals surface area (Å²) >= 11 is 15.5. The number of benzene rings is 1. The zero-order valence-corrected chi connectivity index (χ0v) is 12.8. The number of nitrogens with one attached hydrogen (secondary N) is 1. The van der Waals surface area contributed by atoms with E-state index in [0.717, 1.165) is 30.4 Å². The molecule has 0 aromatic heterocycles. The maximum Gasteiger partial charge on any atom is 0.241 e. The van der Waals surface area contributed by atoms with E-state index >= 15 is 0 Å². The summed E-state index contributed by atoms with van der Waals surface area (Å²) in [4.78, 5) is 13.7. The van der Waals surface area contributed by atoms with Crippen molar-refractivity contribution in [3.8, 4) is 0 Å². The molecule has 1 N–H and O–H groups in total. The molecule has 6 heteroatoms. The highest BCUT2D eigenvalue weighted by molar-refractivity contribution is 9.10.